The third-order valence-corrected chi connectivity index (χ3v) is 7.79. The molecule has 4 saturated carbocycles. The van der Waals surface area contributed by atoms with E-state index in [1.165, 1.54) is 0 Å². The molecule has 10 heteroatoms. The summed E-state index contributed by atoms with van der Waals surface area (Å²) < 4.78 is 10.6. The van der Waals surface area contributed by atoms with Crippen molar-refractivity contribution in [2.24, 2.45) is 17.8 Å². The van der Waals surface area contributed by atoms with Crippen molar-refractivity contribution in [3.63, 3.8) is 0 Å². The van der Waals surface area contributed by atoms with Gasteiger partial charge in [0.05, 0.1) is 23.5 Å². The maximum absolute atomic E-state index is 12.5. The number of rotatable bonds is 7. The second-order valence-electron chi connectivity index (χ2n) is 10.4. The van der Waals surface area contributed by atoms with E-state index in [2.05, 4.69) is 30.7 Å². The van der Waals surface area contributed by atoms with Crippen molar-refractivity contribution in [1.82, 2.24) is 25.4 Å². The van der Waals surface area contributed by atoms with Crippen LogP contribution < -0.4 is 10.6 Å². The number of amides is 1. The van der Waals surface area contributed by atoms with Crippen molar-refractivity contribution in [2.45, 2.75) is 56.7 Å². The van der Waals surface area contributed by atoms with Gasteiger partial charge in [-0.1, -0.05) is 5.16 Å². The first-order chi connectivity index (χ1) is 16.4. The Morgan fingerprint density at radius 3 is 2.88 bits per heavy atom. The van der Waals surface area contributed by atoms with Crippen LogP contribution in [0.1, 0.15) is 49.6 Å². The maximum atomic E-state index is 12.5. The largest absolute Gasteiger partial charge is 0.390 e. The fourth-order valence-corrected chi connectivity index (χ4v) is 6.71. The summed E-state index contributed by atoms with van der Waals surface area (Å²) in [5, 5.41) is 22.4. The lowest BCUT2D eigenvalue weighted by atomic mass is 9.52. The van der Waals surface area contributed by atoms with Gasteiger partial charge in [0.1, 0.15) is 5.65 Å². The summed E-state index contributed by atoms with van der Waals surface area (Å²) in [6.07, 6.45) is 8.50. The molecule has 2 unspecified atom stereocenters. The van der Waals surface area contributed by atoms with Crippen molar-refractivity contribution in [3.05, 3.63) is 24.3 Å². The lowest BCUT2D eigenvalue weighted by Crippen LogP contribution is -2.59. The lowest BCUT2D eigenvalue weighted by molar-refractivity contribution is -0.129. The highest BCUT2D eigenvalue weighted by Crippen LogP contribution is 2.56. The standard InChI is InChI=1S/C24H30N6O4/c1-12(11-33-2)27-22(31)21-29-23(34-30-21)17-10-26-20-16(3-4-25-20)19(17)28-18-14-5-13-6-15(18)9-24(32,7-13)8-14/h3-4,10,12-15,18,32H,5-9,11H2,1-2H3,(H,27,31)(H2,25,26,28)/t12?,13?,14-,15+,18+,24-. The monoisotopic (exact) mass is 466 g/mol. The smallest absolute Gasteiger partial charge is 0.292 e. The summed E-state index contributed by atoms with van der Waals surface area (Å²) in [5.41, 5.74) is 1.81. The first-order valence-electron chi connectivity index (χ1n) is 12.0. The molecule has 0 radical (unpaired) electrons. The van der Waals surface area contributed by atoms with Crippen molar-refractivity contribution in [2.75, 3.05) is 19.0 Å². The van der Waals surface area contributed by atoms with Crippen molar-refractivity contribution in [3.8, 4) is 11.5 Å². The van der Waals surface area contributed by atoms with Crippen LogP contribution in [0.5, 0.6) is 0 Å². The number of aromatic nitrogens is 4. The zero-order valence-corrected chi connectivity index (χ0v) is 19.4. The molecule has 0 aliphatic heterocycles. The lowest BCUT2D eigenvalue weighted by Gasteiger charge is -2.58. The van der Waals surface area contributed by atoms with Crippen LogP contribution in [0, 0.1) is 17.8 Å². The van der Waals surface area contributed by atoms with Crippen LogP contribution in [-0.2, 0) is 4.74 Å². The Kier molecular flexibility index (Phi) is 5.11. The first kappa shape index (κ1) is 21.5. The summed E-state index contributed by atoms with van der Waals surface area (Å²) >= 11 is 0. The summed E-state index contributed by atoms with van der Waals surface area (Å²) in [6.45, 7) is 2.23. The molecule has 0 aromatic carbocycles. The molecule has 4 aliphatic carbocycles. The van der Waals surface area contributed by atoms with Gasteiger partial charge in [-0.2, -0.15) is 4.98 Å². The fraction of sp³-hybridized carbons (Fsp3) is 0.583. The van der Waals surface area contributed by atoms with E-state index in [0.29, 0.717) is 29.9 Å². The van der Waals surface area contributed by atoms with Gasteiger partial charge in [0.25, 0.3) is 17.6 Å². The summed E-state index contributed by atoms with van der Waals surface area (Å²) in [7, 11) is 1.58. The number of nitrogens with one attached hydrogen (secondary N) is 3. The molecule has 4 N–H and O–H groups in total. The van der Waals surface area contributed by atoms with Gasteiger partial charge in [-0.3, -0.25) is 4.79 Å². The number of methoxy groups -OCH3 is 1. The number of carbonyl (C=O) groups excluding carboxylic acids is 1. The van der Waals surface area contributed by atoms with E-state index < -0.39 is 11.5 Å². The molecule has 3 aromatic heterocycles. The van der Waals surface area contributed by atoms with Crippen molar-refractivity contribution in [1.29, 1.82) is 0 Å². The SMILES string of the molecule is COCC(C)NC(=O)c1noc(-c2cnc3[nH]ccc3c2N[C@H]2[C@@H]3CC4C[C@H]2C[C@@](O)(C4)C3)n1. The van der Waals surface area contributed by atoms with E-state index in [-0.39, 0.29) is 23.8 Å². The minimum atomic E-state index is -0.492. The molecule has 180 valence electrons. The van der Waals surface area contributed by atoms with Crippen LogP contribution in [0.3, 0.4) is 0 Å². The van der Waals surface area contributed by atoms with Gasteiger partial charge >= 0.3 is 0 Å². The van der Waals surface area contributed by atoms with E-state index in [1.54, 1.807) is 13.3 Å². The Labute approximate surface area is 196 Å². The Balaban J connectivity index is 1.31. The van der Waals surface area contributed by atoms with Crippen LogP contribution in [0.4, 0.5) is 5.69 Å². The van der Waals surface area contributed by atoms with E-state index in [4.69, 9.17) is 9.26 Å². The van der Waals surface area contributed by atoms with Gasteiger partial charge in [0, 0.05) is 37.0 Å². The average Bonchev–Trinajstić information content (AvgIpc) is 3.45. The Hall–Kier alpha value is -2.98. The topological polar surface area (TPSA) is 138 Å². The minimum Gasteiger partial charge on any atom is -0.390 e. The minimum absolute atomic E-state index is 0.0325. The molecule has 4 fully saturated rings. The molecule has 3 aromatic rings. The molecule has 0 spiro atoms. The van der Waals surface area contributed by atoms with Crippen molar-refractivity contribution < 1.29 is 19.2 Å². The average molecular weight is 467 g/mol. The molecule has 10 nitrogen and oxygen atoms in total. The second kappa shape index (κ2) is 8.06. The van der Waals surface area contributed by atoms with Gasteiger partial charge in [-0.15, -0.1) is 0 Å². The number of carbonyl (C=O) groups is 1. The molecular weight excluding hydrogens is 436 g/mol. The van der Waals surface area contributed by atoms with Gasteiger partial charge in [0.2, 0.25) is 0 Å². The number of aromatic amines is 1. The highest BCUT2D eigenvalue weighted by atomic mass is 16.5. The summed E-state index contributed by atoms with van der Waals surface area (Å²) in [4.78, 5) is 24.6. The first-order valence-corrected chi connectivity index (χ1v) is 12.0. The summed E-state index contributed by atoms with van der Waals surface area (Å²) in [5.74, 6) is 1.27. The number of nitrogens with zero attached hydrogens (tertiary/aromatic N) is 3. The van der Waals surface area contributed by atoms with Crippen LogP contribution >= 0.6 is 0 Å². The van der Waals surface area contributed by atoms with Crippen LogP contribution in [0.2, 0.25) is 0 Å². The van der Waals surface area contributed by atoms with E-state index in [0.717, 1.165) is 48.8 Å². The molecule has 34 heavy (non-hydrogen) atoms. The third kappa shape index (κ3) is 3.65. The molecule has 6 atom stereocenters. The fourth-order valence-electron chi connectivity index (χ4n) is 6.71. The number of hydrogen-bond donors (Lipinski definition) is 4. The van der Waals surface area contributed by atoms with Crippen LogP contribution in [-0.4, -0.2) is 62.5 Å². The predicted octanol–water partition coefficient (Wildman–Crippen LogP) is 2.73. The van der Waals surface area contributed by atoms with E-state index >= 15 is 0 Å². The molecule has 3 heterocycles. The Morgan fingerprint density at radius 2 is 2.15 bits per heavy atom. The molecule has 4 aliphatic rings. The van der Waals surface area contributed by atoms with Gasteiger partial charge in [-0.25, -0.2) is 4.98 Å². The highest BCUT2D eigenvalue weighted by Gasteiger charge is 2.54. The Morgan fingerprint density at radius 1 is 1.35 bits per heavy atom. The van der Waals surface area contributed by atoms with Gasteiger partial charge in [0.15, 0.2) is 0 Å². The number of fused-ring (bicyclic) bond motifs is 1. The molecular formula is C24H30N6O4. The molecule has 4 bridgehead atoms. The zero-order valence-electron chi connectivity index (χ0n) is 19.4. The van der Waals surface area contributed by atoms with Crippen molar-refractivity contribution >= 4 is 22.6 Å². The predicted molar refractivity (Wildman–Crippen MR) is 124 cm³/mol. The number of anilines is 1. The Bertz CT molecular complexity index is 1210. The number of aliphatic hydroxyl groups is 1. The normalized spacial score (nSPS) is 30.6. The zero-order chi connectivity index (χ0) is 23.4. The highest BCUT2D eigenvalue weighted by molar-refractivity contribution is 5.97. The summed E-state index contributed by atoms with van der Waals surface area (Å²) in [6, 6.07) is 2.06. The number of H-pyrrole nitrogens is 1. The van der Waals surface area contributed by atoms with Gasteiger partial charge in [-0.05, 0) is 62.8 Å². The van der Waals surface area contributed by atoms with E-state index in [9.17, 15) is 9.90 Å². The molecule has 0 saturated heterocycles. The van der Waals surface area contributed by atoms with Crippen LogP contribution in [0.25, 0.3) is 22.5 Å². The quantitative estimate of drug-likeness (QED) is 0.417. The molecule has 1 amide bonds. The van der Waals surface area contributed by atoms with Gasteiger partial charge < -0.3 is 30.0 Å². The number of pyridine rings is 1. The number of ether oxygens (including phenoxy) is 1. The van der Waals surface area contributed by atoms with E-state index in [1.807, 2.05) is 19.2 Å². The molecule has 7 rings (SSSR count). The second-order valence-corrected chi connectivity index (χ2v) is 10.4. The number of hydrogen-bond acceptors (Lipinski definition) is 8. The van der Waals surface area contributed by atoms with Crippen LogP contribution in [0.15, 0.2) is 23.0 Å². The maximum Gasteiger partial charge on any atom is 0.292 e. The third-order valence-electron chi connectivity index (χ3n) is 7.79.